The molecule has 1 N–H and O–H groups in total. The zero-order valence-corrected chi connectivity index (χ0v) is 12.8. The predicted octanol–water partition coefficient (Wildman–Crippen LogP) is 1.44. The van der Waals surface area contributed by atoms with Crippen LogP contribution in [0.4, 0.5) is 5.69 Å². The number of nitrogens with zero attached hydrogens (tertiary/aromatic N) is 3. The van der Waals surface area contributed by atoms with Crippen LogP contribution in [0.1, 0.15) is 0 Å². The number of aliphatic hydroxyl groups excluding tert-OH is 1. The van der Waals surface area contributed by atoms with Crippen LogP contribution in [0.25, 0.3) is 11.7 Å². The van der Waals surface area contributed by atoms with Gasteiger partial charge in [0, 0.05) is 6.07 Å². The van der Waals surface area contributed by atoms with Gasteiger partial charge in [-0.3, -0.25) is 10.1 Å². The largest absolute Gasteiger partial charge is 0.491 e. The molecule has 0 fully saturated rings. The Hall–Kier alpha value is -3.40. The van der Waals surface area contributed by atoms with E-state index in [1.807, 2.05) is 0 Å². The zero-order chi connectivity index (χ0) is 17.8. The van der Waals surface area contributed by atoms with Crippen LogP contribution in [0.15, 0.2) is 56.3 Å². The summed E-state index contributed by atoms with van der Waals surface area (Å²) in [6.07, 6.45) is 0.335. The minimum atomic E-state index is -1.08. The van der Waals surface area contributed by atoms with Gasteiger partial charge in [-0.15, -0.1) is 5.10 Å². The zero-order valence-electron chi connectivity index (χ0n) is 12.8. The van der Waals surface area contributed by atoms with E-state index in [-0.39, 0.29) is 36.2 Å². The van der Waals surface area contributed by atoms with Gasteiger partial charge in [-0.05, 0) is 18.2 Å². The molecule has 25 heavy (non-hydrogen) atoms. The average Bonchev–Trinajstić information content (AvgIpc) is 3.24. The first kappa shape index (κ1) is 16.5. The van der Waals surface area contributed by atoms with Crippen molar-refractivity contribution in [1.82, 2.24) is 9.78 Å². The summed E-state index contributed by atoms with van der Waals surface area (Å²) in [5, 5.41) is 24.6. The van der Waals surface area contributed by atoms with Crippen LogP contribution < -0.4 is 10.5 Å². The van der Waals surface area contributed by atoms with Gasteiger partial charge in [0.05, 0.1) is 23.8 Å². The smallest absolute Gasteiger partial charge is 0.437 e. The first-order valence-corrected chi connectivity index (χ1v) is 7.20. The number of aliphatic hydroxyl groups is 1. The average molecular weight is 347 g/mol. The van der Waals surface area contributed by atoms with Crippen molar-refractivity contribution in [2.24, 2.45) is 0 Å². The molecule has 0 aliphatic rings. The standard InChI is InChI=1S/C15H13N3O7/c19-11(9-24-12-4-1-3-10(7-12)18(21)22)8-17-15(20)25-14(16-17)13-5-2-6-23-13/h1-7,11,19H,8-9H2. The molecule has 1 aromatic carbocycles. The third-order valence-electron chi connectivity index (χ3n) is 3.19. The van der Waals surface area contributed by atoms with Crippen LogP contribution in [-0.2, 0) is 6.54 Å². The molecular weight excluding hydrogens is 334 g/mol. The SMILES string of the molecule is O=c1oc(-c2ccco2)nn1CC(O)COc1cccc([N+](=O)[O-])c1. The highest BCUT2D eigenvalue weighted by Gasteiger charge is 2.16. The Kier molecular flexibility index (Phi) is 4.61. The van der Waals surface area contributed by atoms with Gasteiger partial charge >= 0.3 is 5.76 Å². The van der Waals surface area contributed by atoms with Crippen LogP contribution in [0.5, 0.6) is 5.75 Å². The Labute approximate surface area is 140 Å². The Morgan fingerprint density at radius 2 is 2.20 bits per heavy atom. The summed E-state index contributed by atoms with van der Waals surface area (Å²) in [6, 6.07) is 8.76. The summed E-state index contributed by atoms with van der Waals surface area (Å²) >= 11 is 0. The maximum Gasteiger partial charge on any atom is 0.437 e. The van der Waals surface area contributed by atoms with E-state index in [1.165, 1.54) is 30.5 Å². The van der Waals surface area contributed by atoms with Crippen molar-refractivity contribution in [3.8, 4) is 17.4 Å². The van der Waals surface area contributed by atoms with Crippen LogP contribution in [-0.4, -0.2) is 32.5 Å². The van der Waals surface area contributed by atoms with Gasteiger partial charge in [0.25, 0.3) is 11.6 Å². The lowest BCUT2D eigenvalue weighted by molar-refractivity contribution is -0.384. The second-order valence-corrected chi connectivity index (χ2v) is 5.05. The number of hydrogen-bond acceptors (Lipinski definition) is 8. The summed E-state index contributed by atoms with van der Waals surface area (Å²) in [4.78, 5) is 21.9. The van der Waals surface area contributed by atoms with E-state index in [4.69, 9.17) is 13.6 Å². The van der Waals surface area contributed by atoms with Crippen molar-refractivity contribution < 1.29 is 23.6 Å². The van der Waals surface area contributed by atoms with E-state index in [1.54, 1.807) is 12.1 Å². The summed E-state index contributed by atoms with van der Waals surface area (Å²) in [5.41, 5.74) is -0.122. The number of nitro benzene ring substituents is 1. The number of non-ortho nitro benzene ring substituents is 1. The fourth-order valence-corrected chi connectivity index (χ4v) is 2.05. The molecule has 0 aliphatic heterocycles. The molecule has 10 nitrogen and oxygen atoms in total. The lowest BCUT2D eigenvalue weighted by atomic mass is 10.3. The molecule has 0 aliphatic carbocycles. The highest BCUT2D eigenvalue weighted by molar-refractivity contribution is 5.42. The van der Waals surface area contributed by atoms with Crippen molar-refractivity contribution in [3.05, 3.63) is 63.3 Å². The molecule has 0 bridgehead atoms. The fraction of sp³-hybridized carbons (Fsp3) is 0.200. The minimum Gasteiger partial charge on any atom is -0.491 e. The van der Waals surface area contributed by atoms with E-state index < -0.39 is 16.8 Å². The normalized spacial score (nSPS) is 12.0. The third kappa shape index (κ3) is 3.93. The molecule has 3 aromatic rings. The molecule has 130 valence electrons. The lowest BCUT2D eigenvalue weighted by Gasteiger charge is -2.11. The molecular formula is C15H13N3O7. The molecule has 1 atom stereocenters. The topological polar surface area (TPSA) is 134 Å². The minimum absolute atomic E-state index is 0.00167. The van der Waals surface area contributed by atoms with Gasteiger partial charge in [-0.25, -0.2) is 4.79 Å². The van der Waals surface area contributed by atoms with Crippen molar-refractivity contribution >= 4 is 5.69 Å². The van der Waals surface area contributed by atoms with Gasteiger partial charge < -0.3 is 18.7 Å². The highest BCUT2D eigenvalue weighted by atomic mass is 16.6. The van der Waals surface area contributed by atoms with Crippen LogP contribution in [0.3, 0.4) is 0 Å². The number of benzene rings is 1. The maximum absolute atomic E-state index is 11.7. The Bertz CT molecular complexity index is 913. The highest BCUT2D eigenvalue weighted by Crippen LogP contribution is 2.19. The van der Waals surface area contributed by atoms with E-state index in [0.717, 1.165) is 4.68 Å². The first-order chi connectivity index (χ1) is 12.0. The second kappa shape index (κ2) is 7.01. The fourth-order valence-electron chi connectivity index (χ4n) is 2.05. The molecule has 0 amide bonds. The molecule has 1 unspecified atom stereocenters. The maximum atomic E-state index is 11.7. The molecule has 2 heterocycles. The number of ether oxygens (including phenoxy) is 1. The Balaban J connectivity index is 1.61. The summed E-state index contributed by atoms with van der Waals surface area (Å²) in [5.74, 6) is -0.224. The quantitative estimate of drug-likeness (QED) is 0.501. The van der Waals surface area contributed by atoms with Crippen LogP contribution >= 0.6 is 0 Å². The van der Waals surface area contributed by atoms with Crippen LogP contribution in [0, 0.1) is 10.1 Å². The van der Waals surface area contributed by atoms with E-state index >= 15 is 0 Å². The van der Waals surface area contributed by atoms with Crippen molar-refractivity contribution in [2.45, 2.75) is 12.6 Å². The van der Waals surface area contributed by atoms with Crippen molar-refractivity contribution in [1.29, 1.82) is 0 Å². The number of nitro groups is 1. The van der Waals surface area contributed by atoms with Gasteiger partial charge in [0.15, 0.2) is 5.76 Å². The van der Waals surface area contributed by atoms with Crippen molar-refractivity contribution in [2.75, 3.05) is 6.61 Å². The number of hydrogen-bond donors (Lipinski definition) is 1. The molecule has 0 radical (unpaired) electrons. The predicted molar refractivity (Wildman–Crippen MR) is 83.1 cm³/mol. The summed E-state index contributed by atoms with van der Waals surface area (Å²) in [6.45, 7) is -0.353. The lowest BCUT2D eigenvalue weighted by Crippen LogP contribution is -2.29. The molecule has 2 aromatic heterocycles. The van der Waals surface area contributed by atoms with E-state index in [0.29, 0.717) is 0 Å². The number of furan rings is 1. The van der Waals surface area contributed by atoms with Gasteiger partial charge in [0.2, 0.25) is 0 Å². The van der Waals surface area contributed by atoms with Gasteiger partial charge in [-0.1, -0.05) is 6.07 Å². The molecule has 0 saturated heterocycles. The van der Waals surface area contributed by atoms with E-state index in [9.17, 15) is 20.0 Å². The molecule has 10 heteroatoms. The Morgan fingerprint density at radius 3 is 2.92 bits per heavy atom. The monoisotopic (exact) mass is 347 g/mol. The van der Waals surface area contributed by atoms with Gasteiger partial charge in [0.1, 0.15) is 18.5 Å². The third-order valence-corrected chi connectivity index (χ3v) is 3.19. The first-order valence-electron chi connectivity index (χ1n) is 7.20. The number of rotatable bonds is 7. The summed E-state index contributed by atoms with van der Waals surface area (Å²) in [7, 11) is 0. The van der Waals surface area contributed by atoms with Gasteiger partial charge in [-0.2, -0.15) is 4.68 Å². The van der Waals surface area contributed by atoms with E-state index in [2.05, 4.69) is 5.10 Å². The molecule has 0 saturated carbocycles. The molecule has 3 rings (SSSR count). The number of aromatic nitrogens is 2. The second-order valence-electron chi connectivity index (χ2n) is 5.05. The van der Waals surface area contributed by atoms with Crippen LogP contribution in [0.2, 0.25) is 0 Å². The molecule has 0 spiro atoms. The Morgan fingerprint density at radius 1 is 1.36 bits per heavy atom. The van der Waals surface area contributed by atoms with Crippen molar-refractivity contribution in [3.63, 3.8) is 0 Å². The summed E-state index contributed by atoms with van der Waals surface area (Å²) < 4.78 is 16.3.